The lowest BCUT2D eigenvalue weighted by atomic mass is 9.78. The molecule has 0 radical (unpaired) electrons. The third-order valence-electron chi connectivity index (χ3n) is 7.34. The molecule has 5 heteroatoms. The Morgan fingerprint density at radius 1 is 0.706 bits per heavy atom. The van der Waals surface area contributed by atoms with Gasteiger partial charge in [0.25, 0.3) is 0 Å². The number of hydrogen-bond acceptors (Lipinski definition) is 3. The van der Waals surface area contributed by atoms with Gasteiger partial charge in [-0.3, -0.25) is 4.98 Å². The highest BCUT2D eigenvalue weighted by Gasteiger charge is 2.52. The van der Waals surface area contributed by atoms with Crippen molar-refractivity contribution in [2.75, 3.05) is 0 Å². The summed E-state index contributed by atoms with van der Waals surface area (Å²) in [7, 11) is -0.419. The van der Waals surface area contributed by atoms with Crippen molar-refractivity contribution < 1.29 is 9.31 Å². The van der Waals surface area contributed by atoms with E-state index in [1.54, 1.807) is 0 Å². The molecule has 0 atom stereocenters. The maximum Gasteiger partial charge on any atom is 0.497 e. The van der Waals surface area contributed by atoms with Gasteiger partial charge in [0.15, 0.2) is 0 Å². The lowest BCUT2D eigenvalue weighted by Gasteiger charge is -2.32. The van der Waals surface area contributed by atoms with Gasteiger partial charge < -0.3 is 14.3 Å². The van der Waals surface area contributed by atoms with Gasteiger partial charge in [0, 0.05) is 39.1 Å². The summed E-state index contributed by atoms with van der Waals surface area (Å²) >= 11 is 0. The largest absolute Gasteiger partial charge is 0.497 e. The number of rotatable bonds is 3. The Morgan fingerprint density at radius 3 is 2.12 bits per heavy atom. The van der Waals surface area contributed by atoms with Gasteiger partial charge in [0.05, 0.1) is 22.4 Å². The van der Waals surface area contributed by atoms with Gasteiger partial charge in [0.2, 0.25) is 0 Å². The number of nitrogens with zero attached hydrogens (tertiary/aromatic N) is 1. The van der Waals surface area contributed by atoms with E-state index < -0.39 is 7.12 Å². The summed E-state index contributed by atoms with van der Waals surface area (Å²) in [4.78, 5) is 8.25. The number of aromatic amines is 1. The summed E-state index contributed by atoms with van der Waals surface area (Å²) in [5.74, 6) is 0. The molecule has 0 bridgehead atoms. The molecule has 3 aromatic carbocycles. The van der Waals surface area contributed by atoms with E-state index in [0.717, 1.165) is 38.9 Å². The smallest absolute Gasteiger partial charge is 0.399 e. The highest BCUT2D eigenvalue weighted by molar-refractivity contribution is 6.65. The predicted molar refractivity (Wildman–Crippen MR) is 140 cm³/mol. The quantitative estimate of drug-likeness (QED) is 0.329. The van der Waals surface area contributed by atoms with Crippen LogP contribution < -0.4 is 5.46 Å². The molecule has 1 saturated heterocycles. The number of para-hydroxylation sites is 2. The molecular weight excluding hydrogens is 419 g/mol. The topological polar surface area (TPSA) is 47.1 Å². The van der Waals surface area contributed by atoms with Crippen LogP contribution in [0.15, 0.2) is 85.1 Å². The third-order valence-corrected chi connectivity index (χ3v) is 7.34. The first-order valence-corrected chi connectivity index (χ1v) is 11.7. The van der Waals surface area contributed by atoms with Crippen molar-refractivity contribution in [3.63, 3.8) is 0 Å². The predicted octanol–water partition coefficient (Wildman–Crippen LogP) is 6.35. The van der Waals surface area contributed by atoms with Crippen molar-refractivity contribution in [2.24, 2.45) is 0 Å². The molecular formula is C29H27BN2O2. The zero-order chi connectivity index (χ0) is 23.5. The van der Waals surface area contributed by atoms with E-state index in [9.17, 15) is 0 Å². The van der Waals surface area contributed by atoms with Crippen LogP contribution in [0, 0.1) is 0 Å². The Labute approximate surface area is 200 Å². The average Bonchev–Trinajstić information content (AvgIpc) is 3.32. The molecule has 0 spiro atoms. The molecule has 1 fully saturated rings. The lowest BCUT2D eigenvalue weighted by molar-refractivity contribution is 0.00578. The van der Waals surface area contributed by atoms with Crippen LogP contribution in [-0.2, 0) is 9.31 Å². The lowest BCUT2D eigenvalue weighted by Crippen LogP contribution is -2.41. The summed E-state index contributed by atoms with van der Waals surface area (Å²) in [5, 5.41) is 2.36. The number of hydrogen-bond donors (Lipinski definition) is 1. The first-order valence-electron chi connectivity index (χ1n) is 11.7. The van der Waals surface area contributed by atoms with Gasteiger partial charge in [-0.1, -0.05) is 60.7 Å². The van der Waals surface area contributed by atoms with E-state index in [-0.39, 0.29) is 11.2 Å². The van der Waals surface area contributed by atoms with Crippen LogP contribution in [0.4, 0.5) is 0 Å². The molecule has 34 heavy (non-hydrogen) atoms. The zero-order valence-electron chi connectivity index (χ0n) is 19.9. The van der Waals surface area contributed by atoms with Crippen LogP contribution in [0.3, 0.4) is 0 Å². The van der Waals surface area contributed by atoms with Crippen LogP contribution in [0.5, 0.6) is 0 Å². The standard InChI is InChI=1S/C29H27BN2O2/c1-28(2)29(3,4)34-30(33-28)24-15-9-14-23-22-13-8-12-21(26(22)32-27(23)24)19-10-7-11-20(18-19)25-16-5-6-17-31-25/h5-18,32H,1-4H3. The fourth-order valence-corrected chi connectivity index (χ4v) is 4.76. The van der Waals surface area contributed by atoms with E-state index in [4.69, 9.17) is 9.31 Å². The molecule has 0 unspecified atom stereocenters. The molecule has 5 aromatic rings. The van der Waals surface area contributed by atoms with E-state index >= 15 is 0 Å². The van der Waals surface area contributed by atoms with Gasteiger partial charge >= 0.3 is 7.12 Å². The molecule has 3 heterocycles. The van der Waals surface area contributed by atoms with Gasteiger partial charge in [-0.05, 0) is 51.5 Å². The van der Waals surface area contributed by atoms with Crippen LogP contribution in [0.2, 0.25) is 0 Å². The molecule has 1 aliphatic rings. The fraction of sp³-hybridized carbons (Fsp3) is 0.207. The summed E-state index contributed by atoms with van der Waals surface area (Å²) in [5.41, 5.74) is 6.81. The molecule has 0 aliphatic carbocycles. The summed E-state index contributed by atoms with van der Waals surface area (Å²) in [6, 6.07) is 27.4. The third kappa shape index (κ3) is 3.27. The van der Waals surface area contributed by atoms with Crippen LogP contribution >= 0.6 is 0 Å². The van der Waals surface area contributed by atoms with Crippen LogP contribution in [0.25, 0.3) is 44.2 Å². The Morgan fingerprint density at radius 2 is 1.38 bits per heavy atom. The van der Waals surface area contributed by atoms with Crippen molar-refractivity contribution in [3.05, 3.63) is 85.1 Å². The Kier molecular flexibility index (Phi) is 4.70. The Hall–Kier alpha value is -3.41. The molecule has 168 valence electrons. The number of pyridine rings is 1. The van der Waals surface area contributed by atoms with E-state index in [0.29, 0.717) is 0 Å². The van der Waals surface area contributed by atoms with Crippen molar-refractivity contribution in [1.29, 1.82) is 0 Å². The van der Waals surface area contributed by atoms with Crippen molar-refractivity contribution >= 4 is 34.4 Å². The van der Waals surface area contributed by atoms with Crippen molar-refractivity contribution in [2.45, 2.75) is 38.9 Å². The minimum absolute atomic E-state index is 0.386. The minimum atomic E-state index is -0.419. The van der Waals surface area contributed by atoms with Gasteiger partial charge in [0.1, 0.15) is 0 Å². The summed E-state index contributed by atoms with van der Waals surface area (Å²) < 4.78 is 12.8. The maximum absolute atomic E-state index is 6.38. The molecule has 2 aromatic heterocycles. The first-order chi connectivity index (χ1) is 16.3. The number of H-pyrrole nitrogens is 1. The van der Waals surface area contributed by atoms with E-state index in [1.165, 1.54) is 10.8 Å². The molecule has 0 amide bonds. The number of aromatic nitrogens is 2. The van der Waals surface area contributed by atoms with Gasteiger partial charge in [-0.25, -0.2) is 0 Å². The fourth-order valence-electron chi connectivity index (χ4n) is 4.76. The Balaban J connectivity index is 1.50. The zero-order valence-corrected chi connectivity index (χ0v) is 19.9. The van der Waals surface area contributed by atoms with Crippen LogP contribution in [0.1, 0.15) is 27.7 Å². The molecule has 1 N–H and O–H groups in total. The molecule has 1 aliphatic heterocycles. The van der Waals surface area contributed by atoms with Crippen molar-refractivity contribution in [1.82, 2.24) is 9.97 Å². The normalized spacial score (nSPS) is 17.0. The van der Waals surface area contributed by atoms with Gasteiger partial charge in [-0.2, -0.15) is 0 Å². The number of benzene rings is 3. The molecule has 6 rings (SSSR count). The highest BCUT2D eigenvalue weighted by atomic mass is 16.7. The first kappa shape index (κ1) is 21.1. The second-order valence-electron chi connectivity index (χ2n) is 10.0. The molecule has 4 nitrogen and oxygen atoms in total. The van der Waals surface area contributed by atoms with Crippen molar-refractivity contribution in [3.8, 4) is 22.4 Å². The second kappa shape index (κ2) is 7.56. The SMILES string of the molecule is CC1(C)OB(c2cccc3c2[nH]c2c(-c4cccc(-c5ccccn5)c4)cccc23)OC1(C)C. The second-order valence-corrected chi connectivity index (χ2v) is 10.0. The molecule has 0 saturated carbocycles. The highest BCUT2D eigenvalue weighted by Crippen LogP contribution is 2.38. The number of nitrogens with one attached hydrogen (secondary N) is 1. The summed E-state index contributed by atoms with van der Waals surface area (Å²) in [6.45, 7) is 8.35. The monoisotopic (exact) mass is 446 g/mol. The maximum atomic E-state index is 6.38. The minimum Gasteiger partial charge on any atom is -0.399 e. The Bertz CT molecular complexity index is 1510. The summed E-state index contributed by atoms with van der Waals surface area (Å²) in [6.07, 6.45) is 1.83. The van der Waals surface area contributed by atoms with E-state index in [2.05, 4.69) is 98.3 Å². The van der Waals surface area contributed by atoms with Crippen LogP contribution in [-0.4, -0.2) is 28.3 Å². The van der Waals surface area contributed by atoms with Gasteiger partial charge in [-0.15, -0.1) is 0 Å². The average molecular weight is 446 g/mol. The van der Waals surface area contributed by atoms with E-state index in [1.807, 2.05) is 24.4 Å². The number of fused-ring (bicyclic) bond motifs is 3.